The lowest BCUT2D eigenvalue weighted by atomic mass is 9.77. The van der Waals surface area contributed by atoms with Gasteiger partial charge in [-0.05, 0) is 44.0 Å². The molecule has 2 N–H and O–H groups in total. The Balaban J connectivity index is 1.54. The molecular formula is C20H28N2O3. The summed E-state index contributed by atoms with van der Waals surface area (Å²) in [7, 11) is 2.05. The van der Waals surface area contributed by atoms with Gasteiger partial charge in [-0.2, -0.15) is 0 Å². The molecule has 0 radical (unpaired) electrons. The van der Waals surface area contributed by atoms with Crippen LogP contribution in [0.5, 0.6) is 0 Å². The van der Waals surface area contributed by atoms with Crippen molar-refractivity contribution in [1.82, 2.24) is 4.90 Å². The summed E-state index contributed by atoms with van der Waals surface area (Å²) in [5, 5.41) is 13.4. The van der Waals surface area contributed by atoms with E-state index in [2.05, 4.69) is 41.5 Å². The number of fused-ring (bicyclic) bond motifs is 1. The molecule has 1 saturated carbocycles. The van der Waals surface area contributed by atoms with E-state index in [0.717, 1.165) is 11.3 Å². The van der Waals surface area contributed by atoms with Gasteiger partial charge in [0, 0.05) is 29.7 Å². The standard InChI is InChI=1S/C20H28N2O3/c1-22-18-12-25-11-14(18)10-17(20(23)24)19(22)13-6-8-16(9-7-13)21-15-4-2-3-5-15/h6-9,14-15,17-19,21H,2-5,10-12H2,1H3,(H,23,24). The van der Waals surface area contributed by atoms with Gasteiger partial charge in [-0.1, -0.05) is 25.0 Å². The predicted molar refractivity (Wildman–Crippen MR) is 96.7 cm³/mol. The van der Waals surface area contributed by atoms with Crippen molar-refractivity contribution in [3.8, 4) is 0 Å². The second kappa shape index (κ2) is 6.96. The van der Waals surface area contributed by atoms with Crippen LogP contribution in [-0.2, 0) is 9.53 Å². The molecule has 4 unspecified atom stereocenters. The number of benzene rings is 1. The van der Waals surface area contributed by atoms with Gasteiger partial charge in [0.25, 0.3) is 0 Å². The lowest BCUT2D eigenvalue weighted by Crippen LogP contribution is -2.50. The zero-order chi connectivity index (χ0) is 17.4. The first kappa shape index (κ1) is 16.9. The van der Waals surface area contributed by atoms with Gasteiger partial charge in [0.05, 0.1) is 19.1 Å². The van der Waals surface area contributed by atoms with Crippen LogP contribution in [0, 0.1) is 11.8 Å². The molecule has 0 amide bonds. The topological polar surface area (TPSA) is 61.8 Å². The monoisotopic (exact) mass is 344 g/mol. The molecule has 4 atom stereocenters. The van der Waals surface area contributed by atoms with E-state index in [0.29, 0.717) is 37.6 Å². The maximum Gasteiger partial charge on any atom is 0.308 e. The van der Waals surface area contributed by atoms with Gasteiger partial charge in [0.15, 0.2) is 0 Å². The summed E-state index contributed by atoms with van der Waals surface area (Å²) in [5.41, 5.74) is 2.24. The second-order valence-electron chi connectivity index (χ2n) is 7.90. The summed E-state index contributed by atoms with van der Waals surface area (Å²) < 4.78 is 5.62. The molecule has 4 rings (SSSR count). The molecule has 5 nitrogen and oxygen atoms in total. The van der Waals surface area contributed by atoms with Crippen molar-refractivity contribution in [2.75, 3.05) is 25.6 Å². The number of carboxylic acids is 1. The number of piperidine rings is 1. The Morgan fingerprint density at radius 1 is 1.20 bits per heavy atom. The third-order valence-electron chi connectivity index (χ3n) is 6.36. The minimum absolute atomic E-state index is 0.0824. The van der Waals surface area contributed by atoms with Crippen molar-refractivity contribution < 1.29 is 14.6 Å². The summed E-state index contributed by atoms with van der Waals surface area (Å²) in [5.74, 6) is -0.734. The van der Waals surface area contributed by atoms with Gasteiger partial charge >= 0.3 is 5.97 Å². The van der Waals surface area contributed by atoms with Crippen LogP contribution in [0.4, 0.5) is 5.69 Å². The summed E-state index contributed by atoms with van der Waals surface area (Å²) in [6.45, 7) is 1.40. The molecule has 0 spiro atoms. The van der Waals surface area contributed by atoms with E-state index in [1.54, 1.807) is 0 Å². The number of aliphatic carboxylic acids is 1. The van der Waals surface area contributed by atoms with E-state index in [9.17, 15) is 9.90 Å². The van der Waals surface area contributed by atoms with Crippen molar-refractivity contribution in [3.63, 3.8) is 0 Å². The van der Waals surface area contributed by atoms with Crippen LogP contribution in [0.1, 0.15) is 43.7 Å². The molecule has 0 bridgehead atoms. The number of likely N-dealkylation sites (N-methyl/N-ethyl adjacent to an activating group) is 1. The average molecular weight is 344 g/mol. The van der Waals surface area contributed by atoms with Gasteiger partial charge in [-0.15, -0.1) is 0 Å². The third kappa shape index (κ3) is 3.27. The molecule has 3 fully saturated rings. The summed E-state index contributed by atoms with van der Waals surface area (Å²) in [6, 6.07) is 9.26. The number of rotatable bonds is 4. The molecule has 2 saturated heterocycles. The fraction of sp³-hybridized carbons (Fsp3) is 0.650. The molecule has 25 heavy (non-hydrogen) atoms. The minimum Gasteiger partial charge on any atom is -0.481 e. The van der Waals surface area contributed by atoms with Crippen LogP contribution < -0.4 is 5.32 Å². The molecule has 5 heteroatoms. The Hall–Kier alpha value is -1.59. The van der Waals surface area contributed by atoms with E-state index in [-0.39, 0.29) is 12.0 Å². The van der Waals surface area contributed by atoms with Gasteiger partial charge in [0.2, 0.25) is 0 Å². The average Bonchev–Trinajstić information content (AvgIpc) is 3.27. The van der Waals surface area contributed by atoms with Crippen molar-refractivity contribution in [2.45, 2.75) is 50.2 Å². The normalized spacial score (nSPS) is 33.3. The minimum atomic E-state index is -0.699. The van der Waals surface area contributed by atoms with Crippen LogP contribution in [0.2, 0.25) is 0 Å². The smallest absolute Gasteiger partial charge is 0.308 e. The van der Waals surface area contributed by atoms with Gasteiger partial charge < -0.3 is 15.2 Å². The number of nitrogens with zero attached hydrogens (tertiary/aromatic N) is 1. The highest BCUT2D eigenvalue weighted by Gasteiger charge is 2.47. The molecule has 1 aromatic rings. The molecule has 2 heterocycles. The van der Waals surface area contributed by atoms with Crippen molar-refractivity contribution in [1.29, 1.82) is 0 Å². The Bertz CT molecular complexity index is 612. The van der Waals surface area contributed by atoms with Crippen LogP contribution in [0.25, 0.3) is 0 Å². The Kier molecular flexibility index (Phi) is 4.69. The van der Waals surface area contributed by atoms with Crippen molar-refractivity contribution in [3.05, 3.63) is 29.8 Å². The predicted octanol–water partition coefficient (Wildman–Crippen LogP) is 3.13. The van der Waals surface area contributed by atoms with E-state index >= 15 is 0 Å². The SMILES string of the molecule is CN1C2COCC2CC(C(=O)O)C1c1ccc(NC2CCCC2)cc1. The number of carboxylic acid groups (broad SMARTS) is 1. The van der Waals surface area contributed by atoms with Crippen molar-refractivity contribution in [2.24, 2.45) is 11.8 Å². The van der Waals surface area contributed by atoms with Crippen LogP contribution in [0.3, 0.4) is 0 Å². The zero-order valence-electron chi connectivity index (χ0n) is 14.9. The number of anilines is 1. The third-order valence-corrected chi connectivity index (χ3v) is 6.36. The van der Waals surface area contributed by atoms with Crippen LogP contribution >= 0.6 is 0 Å². The molecule has 1 aliphatic carbocycles. The van der Waals surface area contributed by atoms with Gasteiger partial charge in [0.1, 0.15) is 0 Å². The van der Waals surface area contributed by atoms with Crippen LogP contribution in [-0.4, -0.2) is 48.3 Å². The Morgan fingerprint density at radius 2 is 1.92 bits per heavy atom. The lowest BCUT2D eigenvalue weighted by Gasteiger charge is -2.44. The van der Waals surface area contributed by atoms with Gasteiger partial charge in [-0.25, -0.2) is 0 Å². The van der Waals surface area contributed by atoms with Crippen molar-refractivity contribution >= 4 is 11.7 Å². The first-order chi connectivity index (χ1) is 12.1. The molecule has 1 aromatic carbocycles. The maximum absolute atomic E-state index is 11.9. The number of ether oxygens (including phenoxy) is 1. The molecule has 0 aromatic heterocycles. The molecule has 3 aliphatic rings. The zero-order valence-corrected chi connectivity index (χ0v) is 14.9. The lowest BCUT2D eigenvalue weighted by molar-refractivity contribution is -0.148. The number of carbonyl (C=O) groups is 1. The number of hydrogen-bond acceptors (Lipinski definition) is 4. The van der Waals surface area contributed by atoms with E-state index < -0.39 is 5.97 Å². The van der Waals surface area contributed by atoms with E-state index in [4.69, 9.17) is 4.74 Å². The highest BCUT2D eigenvalue weighted by Crippen LogP contribution is 2.43. The summed E-state index contributed by atoms with van der Waals surface area (Å²) >= 11 is 0. The van der Waals surface area contributed by atoms with E-state index in [1.807, 2.05) is 0 Å². The quantitative estimate of drug-likeness (QED) is 0.879. The Morgan fingerprint density at radius 3 is 2.60 bits per heavy atom. The summed E-state index contributed by atoms with van der Waals surface area (Å²) in [4.78, 5) is 14.1. The molecule has 136 valence electrons. The first-order valence-corrected chi connectivity index (χ1v) is 9.52. The highest BCUT2D eigenvalue weighted by atomic mass is 16.5. The van der Waals surface area contributed by atoms with Crippen LogP contribution in [0.15, 0.2) is 24.3 Å². The number of nitrogens with one attached hydrogen (secondary N) is 1. The first-order valence-electron chi connectivity index (χ1n) is 9.52. The summed E-state index contributed by atoms with van der Waals surface area (Å²) in [6.07, 6.45) is 5.83. The van der Waals surface area contributed by atoms with E-state index in [1.165, 1.54) is 25.7 Å². The Labute approximate surface area is 149 Å². The fourth-order valence-corrected chi connectivity index (χ4v) is 4.99. The number of likely N-dealkylation sites (tertiary alicyclic amines) is 1. The van der Waals surface area contributed by atoms with Gasteiger partial charge in [-0.3, -0.25) is 9.69 Å². The second-order valence-corrected chi connectivity index (χ2v) is 7.90. The molecule has 2 aliphatic heterocycles. The molecular weight excluding hydrogens is 316 g/mol. The maximum atomic E-state index is 11.9. The highest BCUT2D eigenvalue weighted by molar-refractivity contribution is 5.71. The fourth-order valence-electron chi connectivity index (χ4n) is 4.99. The largest absolute Gasteiger partial charge is 0.481 e. The number of hydrogen-bond donors (Lipinski definition) is 2.